The zero-order chi connectivity index (χ0) is 12.8. The molecule has 4 nitrogen and oxygen atoms in total. The van der Waals surface area contributed by atoms with Crippen molar-refractivity contribution in [2.24, 2.45) is 5.84 Å². The van der Waals surface area contributed by atoms with Gasteiger partial charge >= 0.3 is 0 Å². The second-order valence-corrected chi connectivity index (χ2v) is 5.32. The van der Waals surface area contributed by atoms with Gasteiger partial charge in [0.15, 0.2) is 0 Å². The molecular weight excluding hydrogens is 248 g/mol. The molecule has 1 heterocycles. The maximum atomic E-state index is 5.97. The molecule has 3 N–H and O–H groups in total. The summed E-state index contributed by atoms with van der Waals surface area (Å²) >= 11 is 1.80. The van der Waals surface area contributed by atoms with Crippen LogP contribution in [0.2, 0.25) is 0 Å². The van der Waals surface area contributed by atoms with Gasteiger partial charge in [-0.25, -0.2) is 0 Å². The van der Waals surface area contributed by atoms with Crippen LogP contribution in [0.4, 0.5) is 0 Å². The molecule has 0 bridgehead atoms. The largest absolute Gasteiger partial charge is 0.487 e. The fourth-order valence-electron chi connectivity index (χ4n) is 1.85. The van der Waals surface area contributed by atoms with Gasteiger partial charge in [-0.2, -0.15) is 0 Å². The van der Waals surface area contributed by atoms with Crippen LogP contribution in [0, 0.1) is 0 Å². The number of nitrogens with two attached hydrogens (primary N) is 1. The molecular formula is C13H20N2O2S. The van der Waals surface area contributed by atoms with Crippen LogP contribution in [0.3, 0.4) is 0 Å². The minimum Gasteiger partial charge on any atom is -0.487 e. The minimum absolute atomic E-state index is 0.0254. The fourth-order valence-corrected chi connectivity index (χ4v) is 2.93. The molecule has 0 spiro atoms. The predicted molar refractivity (Wildman–Crippen MR) is 73.8 cm³/mol. The van der Waals surface area contributed by atoms with Crippen LogP contribution in [0.15, 0.2) is 29.2 Å². The van der Waals surface area contributed by atoms with E-state index in [1.165, 1.54) is 4.90 Å². The number of fused-ring (bicyclic) bond motifs is 1. The summed E-state index contributed by atoms with van der Waals surface area (Å²) in [4.78, 5) is 1.19. The average Bonchev–Trinajstić information content (AvgIpc) is 2.43. The lowest BCUT2D eigenvalue weighted by Crippen LogP contribution is -2.51. The summed E-state index contributed by atoms with van der Waals surface area (Å²) in [6.45, 7) is 3.43. The third-order valence-electron chi connectivity index (χ3n) is 2.84. The van der Waals surface area contributed by atoms with E-state index in [1.54, 1.807) is 11.8 Å². The monoisotopic (exact) mass is 268 g/mol. The van der Waals surface area contributed by atoms with Gasteiger partial charge in [0.05, 0.1) is 12.6 Å². The van der Waals surface area contributed by atoms with Crippen LogP contribution in [0.5, 0.6) is 5.75 Å². The van der Waals surface area contributed by atoms with Gasteiger partial charge < -0.3 is 9.47 Å². The highest BCUT2D eigenvalue weighted by atomic mass is 32.2. The Kier molecular flexibility index (Phi) is 5.31. The highest BCUT2D eigenvalue weighted by Gasteiger charge is 2.27. The maximum Gasteiger partial charge on any atom is 0.133 e. The van der Waals surface area contributed by atoms with Crippen LogP contribution in [-0.4, -0.2) is 31.1 Å². The Morgan fingerprint density at radius 1 is 1.56 bits per heavy atom. The van der Waals surface area contributed by atoms with Crippen molar-refractivity contribution in [3.05, 3.63) is 24.3 Å². The predicted octanol–water partition coefficient (Wildman–Crippen LogP) is 1.80. The third-order valence-corrected chi connectivity index (χ3v) is 3.98. The van der Waals surface area contributed by atoms with Crippen molar-refractivity contribution >= 4 is 11.8 Å². The number of rotatable bonds is 6. The van der Waals surface area contributed by atoms with Gasteiger partial charge in [-0.05, 0) is 18.6 Å². The zero-order valence-electron chi connectivity index (χ0n) is 10.6. The SMILES string of the molecule is CCCOCC(NN)C1CSc2ccccc2O1. The fraction of sp³-hybridized carbons (Fsp3) is 0.538. The molecule has 1 aliphatic rings. The van der Waals surface area contributed by atoms with E-state index in [0.29, 0.717) is 6.61 Å². The summed E-state index contributed by atoms with van der Waals surface area (Å²) in [6, 6.07) is 8.11. The first kappa shape index (κ1) is 13.7. The van der Waals surface area contributed by atoms with Crippen LogP contribution in [0.25, 0.3) is 0 Å². The molecule has 0 aromatic heterocycles. The highest BCUT2D eigenvalue weighted by Crippen LogP contribution is 2.35. The number of thioether (sulfide) groups is 1. The number of hydrazine groups is 1. The van der Waals surface area contributed by atoms with Gasteiger partial charge in [0.25, 0.3) is 0 Å². The van der Waals surface area contributed by atoms with Crippen LogP contribution in [-0.2, 0) is 4.74 Å². The molecule has 5 heteroatoms. The topological polar surface area (TPSA) is 56.5 Å². The van der Waals surface area contributed by atoms with Crippen molar-refractivity contribution in [1.82, 2.24) is 5.43 Å². The molecule has 18 heavy (non-hydrogen) atoms. The number of ether oxygens (including phenoxy) is 2. The van der Waals surface area contributed by atoms with E-state index in [9.17, 15) is 0 Å². The number of nitrogens with one attached hydrogen (secondary N) is 1. The summed E-state index contributed by atoms with van der Waals surface area (Å²) in [7, 11) is 0. The lowest BCUT2D eigenvalue weighted by Gasteiger charge is -2.31. The number of benzene rings is 1. The average molecular weight is 268 g/mol. The molecule has 0 saturated carbocycles. The van der Waals surface area contributed by atoms with E-state index in [2.05, 4.69) is 18.4 Å². The van der Waals surface area contributed by atoms with Gasteiger partial charge in [-0.1, -0.05) is 19.1 Å². The summed E-state index contributed by atoms with van der Waals surface area (Å²) in [5.41, 5.74) is 2.80. The van der Waals surface area contributed by atoms with Gasteiger partial charge in [0, 0.05) is 17.3 Å². The number of hydrogen-bond donors (Lipinski definition) is 2. The first-order valence-corrected chi connectivity index (χ1v) is 7.26. The smallest absolute Gasteiger partial charge is 0.133 e. The first-order chi connectivity index (χ1) is 8.85. The standard InChI is InChI=1S/C13H20N2O2S/c1-2-7-16-8-10(15-14)12-9-18-13-6-4-3-5-11(13)17-12/h3-6,10,12,15H,2,7-9,14H2,1H3. The number of para-hydroxylation sites is 1. The van der Waals surface area contributed by atoms with Crippen molar-refractivity contribution in [2.45, 2.75) is 30.4 Å². The minimum atomic E-state index is 0.0254. The van der Waals surface area contributed by atoms with E-state index >= 15 is 0 Å². The van der Waals surface area contributed by atoms with Crippen molar-refractivity contribution in [1.29, 1.82) is 0 Å². The van der Waals surface area contributed by atoms with E-state index in [1.807, 2.05) is 18.2 Å². The summed E-state index contributed by atoms with van der Waals surface area (Å²) < 4.78 is 11.5. The maximum absolute atomic E-state index is 5.97. The van der Waals surface area contributed by atoms with Crippen molar-refractivity contribution < 1.29 is 9.47 Å². The summed E-state index contributed by atoms with van der Waals surface area (Å²) in [5, 5.41) is 0. The first-order valence-electron chi connectivity index (χ1n) is 6.27. The van der Waals surface area contributed by atoms with Crippen LogP contribution < -0.4 is 16.0 Å². The highest BCUT2D eigenvalue weighted by molar-refractivity contribution is 7.99. The van der Waals surface area contributed by atoms with Gasteiger partial charge in [-0.3, -0.25) is 11.3 Å². The van der Waals surface area contributed by atoms with E-state index in [0.717, 1.165) is 24.5 Å². The molecule has 2 unspecified atom stereocenters. The van der Waals surface area contributed by atoms with Crippen LogP contribution >= 0.6 is 11.8 Å². The molecule has 0 radical (unpaired) electrons. The molecule has 1 aliphatic heterocycles. The molecule has 2 rings (SSSR count). The summed E-state index contributed by atoms with van der Waals surface area (Å²) in [6.07, 6.45) is 1.06. The Morgan fingerprint density at radius 2 is 2.39 bits per heavy atom. The van der Waals surface area contributed by atoms with Gasteiger partial charge in [0.1, 0.15) is 11.9 Å². The Bertz CT molecular complexity index is 376. The van der Waals surface area contributed by atoms with Crippen molar-refractivity contribution in [3.63, 3.8) is 0 Å². The Morgan fingerprint density at radius 3 is 3.17 bits per heavy atom. The van der Waals surface area contributed by atoms with Crippen LogP contribution in [0.1, 0.15) is 13.3 Å². The quantitative estimate of drug-likeness (QED) is 0.468. The van der Waals surface area contributed by atoms with Gasteiger partial charge in [0.2, 0.25) is 0 Å². The number of hydrogen-bond acceptors (Lipinski definition) is 5. The molecule has 0 aliphatic carbocycles. The van der Waals surface area contributed by atoms with Gasteiger partial charge in [-0.15, -0.1) is 11.8 Å². The Balaban J connectivity index is 1.93. The van der Waals surface area contributed by atoms with E-state index in [-0.39, 0.29) is 12.1 Å². The molecule has 2 atom stereocenters. The molecule has 0 saturated heterocycles. The molecule has 0 amide bonds. The second-order valence-electron chi connectivity index (χ2n) is 4.26. The Hall–Kier alpha value is -0.750. The van der Waals surface area contributed by atoms with Crippen molar-refractivity contribution in [2.75, 3.05) is 19.0 Å². The molecule has 100 valence electrons. The molecule has 0 fully saturated rings. The van der Waals surface area contributed by atoms with E-state index in [4.69, 9.17) is 15.3 Å². The molecule has 1 aromatic carbocycles. The summed E-state index contributed by atoms with van der Waals surface area (Å²) in [5.74, 6) is 7.42. The van der Waals surface area contributed by atoms with E-state index < -0.39 is 0 Å². The third kappa shape index (κ3) is 3.38. The molecule has 1 aromatic rings. The normalized spacial score (nSPS) is 20.0. The lowest BCUT2D eigenvalue weighted by atomic mass is 10.2. The van der Waals surface area contributed by atoms with Crippen molar-refractivity contribution in [3.8, 4) is 5.75 Å². The lowest BCUT2D eigenvalue weighted by molar-refractivity contribution is 0.0655. The zero-order valence-corrected chi connectivity index (χ0v) is 11.4. The second kappa shape index (κ2) is 6.99. The Labute approximate surface area is 112 Å².